The third-order valence-corrected chi connectivity index (χ3v) is 5.49. The molecule has 0 saturated heterocycles. The van der Waals surface area contributed by atoms with Crippen LogP contribution in [0.15, 0.2) is 35.9 Å². The van der Waals surface area contributed by atoms with Gasteiger partial charge in [-0.05, 0) is 44.2 Å². The molecule has 6 heteroatoms. The van der Waals surface area contributed by atoms with Gasteiger partial charge in [-0.15, -0.1) is 11.3 Å². The van der Waals surface area contributed by atoms with Crippen LogP contribution in [0.5, 0.6) is 0 Å². The van der Waals surface area contributed by atoms with Crippen molar-refractivity contribution in [2.45, 2.75) is 44.9 Å². The summed E-state index contributed by atoms with van der Waals surface area (Å²) in [7, 11) is 0. The summed E-state index contributed by atoms with van der Waals surface area (Å²) in [4.78, 5) is 28.1. The maximum Gasteiger partial charge on any atom is 0.306 e. The molecule has 1 amide bonds. The first-order valence-electron chi connectivity index (χ1n) is 9.15. The molecule has 0 unspecified atom stereocenters. The quantitative estimate of drug-likeness (QED) is 0.566. The maximum absolute atomic E-state index is 11.8. The van der Waals surface area contributed by atoms with Gasteiger partial charge in [0.05, 0.1) is 21.6 Å². The monoisotopic (exact) mass is 372 g/mol. The molecule has 1 N–H and O–H groups in total. The number of benzene rings is 1. The summed E-state index contributed by atoms with van der Waals surface area (Å²) < 4.78 is 6.17. The molecule has 3 rings (SSSR count). The minimum Gasteiger partial charge on any atom is -0.456 e. The van der Waals surface area contributed by atoms with Crippen molar-refractivity contribution in [1.29, 1.82) is 0 Å². The van der Waals surface area contributed by atoms with Gasteiger partial charge in [0.1, 0.15) is 0 Å². The predicted molar refractivity (Wildman–Crippen MR) is 103 cm³/mol. The van der Waals surface area contributed by atoms with Crippen LogP contribution < -0.4 is 5.32 Å². The van der Waals surface area contributed by atoms with E-state index >= 15 is 0 Å². The second-order valence-corrected chi connectivity index (χ2v) is 7.56. The fourth-order valence-electron chi connectivity index (χ4n) is 3.00. The fraction of sp³-hybridized carbons (Fsp3) is 0.450. The van der Waals surface area contributed by atoms with Crippen molar-refractivity contribution in [2.75, 3.05) is 13.2 Å². The predicted octanol–water partition coefficient (Wildman–Crippen LogP) is 3.78. The lowest BCUT2D eigenvalue weighted by Gasteiger charge is -2.13. The number of amides is 1. The van der Waals surface area contributed by atoms with E-state index in [4.69, 9.17) is 4.74 Å². The Morgan fingerprint density at radius 1 is 1.19 bits per heavy atom. The minimum absolute atomic E-state index is 0.211. The van der Waals surface area contributed by atoms with Crippen molar-refractivity contribution in [2.24, 2.45) is 0 Å². The summed E-state index contributed by atoms with van der Waals surface area (Å²) in [6.07, 6.45) is 8.73. The Kier molecular flexibility index (Phi) is 6.77. The number of hydrogen-bond acceptors (Lipinski definition) is 5. The lowest BCUT2D eigenvalue weighted by Crippen LogP contribution is -2.29. The van der Waals surface area contributed by atoms with E-state index in [9.17, 15) is 9.59 Å². The smallest absolute Gasteiger partial charge is 0.306 e. The molecule has 0 fully saturated rings. The van der Waals surface area contributed by atoms with Crippen LogP contribution >= 0.6 is 11.3 Å². The topological polar surface area (TPSA) is 68.3 Å². The van der Waals surface area contributed by atoms with Crippen molar-refractivity contribution in [3.63, 3.8) is 0 Å². The average Bonchev–Trinajstić information content (AvgIpc) is 3.08. The first-order chi connectivity index (χ1) is 12.7. The average molecular weight is 372 g/mol. The van der Waals surface area contributed by atoms with E-state index in [1.807, 2.05) is 24.3 Å². The molecule has 2 aromatic rings. The molecular weight excluding hydrogens is 348 g/mol. The number of nitrogens with zero attached hydrogens (tertiary/aromatic N) is 1. The number of fused-ring (bicyclic) bond motifs is 1. The van der Waals surface area contributed by atoms with Crippen LogP contribution in [-0.2, 0) is 20.7 Å². The number of thiazole rings is 1. The van der Waals surface area contributed by atoms with Gasteiger partial charge in [-0.3, -0.25) is 9.59 Å². The van der Waals surface area contributed by atoms with Crippen molar-refractivity contribution in [1.82, 2.24) is 10.3 Å². The van der Waals surface area contributed by atoms with Gasteiger partial charge < -0.3 is 10.1 Å². The van der Waals surface area contributed by atoms with Crippen LogP contribution in [-0.4, -0.2) is 30.0 Å². The van der Waals surface area contributed by atoms with Crippen LogP contribution in [0.1, 0.15) is 43.5 Å². The van der Waals surface area contributed by atoms with Crippen molar-refractivity contribution >= 4 is 33.4 Å². The Bertz CT molecular complexity index is 764. The van der Waals surface area contributed by atoms with Crippen molar-refractivity contribution < 1.29 is 14.3 Å². The standard InChI is InChI=1S/C20H24N2O3S/c23-18(21-13-12-15-6-2-1-3-7-15)14-25-20(24)11-10-19-22-16-8-4-5-9-17(16)26-19/h4-6,8-9H,1-3,7,10-14H2,(H,21,23). The number of carbonyl (C=O) groups excluding carboxylic acids is 2. The molecule has 138 valence electrons. The number of para-hydroxylation sites is 1. The molecule has 0 radical (unpaired) electrons. The molecule has 0 spiro atoms. The summed E-state index contributed by atoms with van der Waals surface area (Å²) in [5.74, 6) is -0.607. The Morgan fingerprint density at radius 2 is 2.08 bits per heavy atom. The molecule has 0 bridgehead atoms. The fourth-order valence-corrected chi connectivity index (χ4v) is 3.97. The van der Waals surface area contributed by atoms with E-state index in [1.165, 1.54) is 18.4 Å². The van der Waals surface area contributed by atoms with Crippen LogP contribution in [0, 0.1) is 0 Å². The number of ether oxygens (including phenoxy) is 1. The lowest BCUT2D eigenvalue weighted by molar-refractivity contribution is -0.148. The van der Waals surface area contributed by atoms with Crippen LogP contribution in [0.2, 0.25) is 0 Å². The summed E-state index contributed by atoms with van der Waals surface area (Å²) in [6.45, 7) is 0.394. The van der Waals surface area contributed by atoms with Crippen LogP contribution in [0.3, 0.4) is 0 Å². The van der Waals surface area contributed by atoms with Crippen LogP contribution in [0.25, 0.3) is 10.2 Å². The lowest BCUT2D eigenvalue weighted by atomic mass is 9.97. The highest BCUT2D eigenvalue weighted by molar-refractivity contribution is 7.18. The van der Waals surface area contributed by atoms with Gasteiger partial charge in [-0.1, -0.05) is 23.8 Å². The Hall–Kier alpha value is -2.21. The number of aromatic nitrogens is 1. The van der Waals surface area contributed by atoms with Crippen molar-refractivity contribution in [3.05, 3.63) is 40.9 Å². The SMILES string of the molecule is O=C(COC(=O)CCc1nc2ccccc2s1)NCCC1=CCCCC1. The third kappa shape index (κ3) is 5.66. The molecule has 0 aliphatic heterocycles. The van der Waals surface area contributed by atoms with E-state index < -0.39 is 0 Å². The summed E-state index contributed by atoms with van der Waals surface area (Å²) in [6, 6.07) is 7.90. The van der Waals surface area contributed by atoms with Gasteiger partial charge in [-0.2, -0.15) is 0 Å². The normalized spacial score (nSPS) is 14.1. The highest BCUT2D eigenvalue weighted by atomic mass is 32.1. The molecule has 1 aliphatic rings. The second kappa shape index (κ2) is 9.48. The zero-order valence-corrected chi connectivity index (χ0v) is 15.6. The highest BCUT2D eigenvalue weighted by Gasteiger charge is 2.10. The van der Waals surface area contributed by atoms with Gasteiger partial charge >= 0.3 is 5.97 Å². The third-order valence-electron chi connectivity index (χ3n) is 4.40. The van der Waals surface area contributed by atoms with Crippen LogP contribution in [0.4, 0.5) is 0 Å². The molecule has 26 heavy (non-hydrogen) atoms. The molecule has 1 aromatic carbocycles. The van der Waals surface area contributed by atoms with E-state index in [-0.39, 0.29) is 24.9 Å². The van der Waals surface area contributed by atoms with Gasteiger partial charge in [0.2, 0.25) is 0 Å². The van der Waals surface area contributed by atoms with E-state index in [0.29, 0.717) is 13.0 Å². The zero-order valence-electron chi connectivity index (χ0n) is 14.8. The van der Waals surface area contributed by atoms with E-state index in [1.54, 1.807) is 11.3 Å². The number of rotatable bonds is 8. The van der Waals surface area contributed by atoms with Gasteiger partial charge in [0, 0.05) is 13.0 Å². The summed E-state index contributed by atoms with van der Waals surface area (Å²) in [5, 5.41) is 3.72. The maximum atomic E-state index is 11.8. The number of carbonyl (C=O) groups is 2. The second-order valence-electron chi connectivity index (χ2n) is 6.44. The Morgan fingerprint density at radius 3 is 2.88 bits per heavy atom. The largest absolute Gasteiger partial charge is 0.456 e. The number of allylic oxidation sites excluding steroid dienone is 1. The molecule has 5 nitrogen and oxygen atoms in total. The molecule has 1 aliphatic carbocycles. The first-order valence-corrected chi connectivity index (χ1v) is 9.97. The van der Waals surface area contributed by atoms with E-state index in [0.717, 1.165) is 34.5 Å². The minimum atomic E-state index is -0.366. The van der Waals surface area contributed by atoms with Gasteiger partial charge in [0.15, 0.2) is 6.61 Å². The van der Waals surface area contributed by atoms with E-state index in [2.05, 4.69) is 16.4 Å². The van der Waals surface area contributed by atoms with Gasteiger partial charge in [0.25, 0.3) is 5.91 Å². The molecule has 1 heterocycles. The first kappa shape index (κ1) is 18.6. The summed E-state index contributed by atoms with van der Waals surface area (Å²) in [5.41, 5.74) is 2.37. The Balaban J connectivity index is 1.31. The number of nitrogens with one attached hydrogen (secondary N) is 1. The molecule has 0 atom stereocenters. The highest BCUT2D eigenvalue weighted by Crippen LogP contribution is 2.22. The number of aryl methyl sites for hydroxylation is 1. The molecule has 0 saturated carbocycles. The summed E-state index contributed by atoms with van der Waals surface area (Å²) >= 11 is 1.58. The zero-order chi connectivity index (χ0) is 18.2. The van der Waals surface area contributed by atoms with Gasteiger partial charge in [-0.25, -0.2) is 4.98 Å². The molecule has 1 aromatic heterocycles. The Labute approximate surface area is 157 Å². The molecular formula is C20H24N2O3S. The number of esters is 1. The number of hydrogen-bond donors (Lipinski definition) is 1. The van der Waals surface area contributed by atoms with Crippen molar-refractivity contribution in [3.8, 4) is 0 Å².